The normalized spacial score (nSPS) is 35.0. The Morgan fingerprint density at radius 2 is 0.608 bits per heavy atom. The van der Waals surface area contributed by atoms with Crippen LogP contribution in [0.15, 0.2) is 25.4 Å². The molecule has 10 rings (SSSR count). The minimum absolute atomic E-state index is 0.000233. The molecule has 2 heterocycles. The van der Waals surface area contributed by atoms with Gasteiger partial charge in [-0.25, -0.2) is 19.2 Å². The van der Waals surface area contributed by atoms with Gasteiger partial charge in [0, 0.05) is 72.9 Å². The van der Waals surface area contributed by atoms with Gasteiger partial charge in [0.05, 0.1) is 25.4 Å². The Bertz CT molecular complexity index is 1960. The maximum Gasteiger partial charge on any atom is 0.407 e. The molecule has 12 atom stereocenters. The average Bonchev–Trinajstić information content (AvgIpc) is 4.27. The number of rotatable bonds is 20. The van der Waals surface area contributed by atoms with Crippen LogP contribution in [0, 0.1) is 69.0 Å². The van der Waals surface area contributed by atoms with Crippen LogP contribution < -0.4 is 21.3 Å². The Morgan fingerprint density at radius 3 is 0.784 bits per heavy atom. The number of amides is 4. The number of ether oxygens (including phenoxy) is 4. The van der Waals surface area contributed by atoms with Gasteiger partial charge in [0.2, 0.25) is 0 Å². The Hall–Kier alpha value is -0.900. The summed E-state index contributed by atoms with van der Waals surface area (Å²) in [5, 5.41) is 12.2. The Morgan fingerprint density at radius 1 is 0.392 bits per heavy atom. The van der Waals surface area contributed by atoms with E-state index in [1.165, 1.54) is 51.1 Å². The van der Waals surface area contributed by atoms with Crippen molar-refractivity contribution in [1.82, 2.24) is 21.3 Å². The van der Waals surface area contributed by atoms with Gasteiger partial charge in [-0.2, -0.15) is 0 Å². The molecule has 4 amide bonds. The summed E-state index contributed by atoms with van der Waals surface area (Å²) in [5.74, 6) is 7.05. The highest BCUT2D eigenvalue weighted by atomic mass is 32.3. The van der Waals surface area contributed by atoms with Gasteiger partial charge in [-0.15, -0.1) is 47.0 Å². The van der Waals surface area contributed by atoms with E-state index in [2.05, 4.69) is 76.7 Å². The lowest BCUT2D eigenvalue weighted by Crippen LogP contribution is -2.34. The summed E-state index contributed by atoms with van der Waals surface area (Å²) in [6, 6.07) is 0. The third-order valence-corrected chi connectivity index (χ3v) is 31.5. The molecule has 2 aliphatic heterocycles. The second-order valence-electron chi connectivity index (χ2n) is 24.8. The standard InChI is InChI=1S/C54H80N4O8S8/c1-51(2)29-9-13-33(51)37(25-29)63-47(59)55-17-21-67-41-42(68-22-18-56-48(60)64-38-26-30-10-14-34(38)52(30,3)4)72-45(71-41)46-73-43(69-23-19-57-49(61)65-39-27-31-11-15-35(39)53(31,5)6)44(74-46)70-24-20-58-50(62)66-40-28-32-12-16-36(40)54(32,7)8/h29-40H,9-28H2,1-8H3,(H,55,59)(H,56,60)(H,57,61)(H,58,62). The van der Waals surface area contributed by atoms with E-state index in [4.69, 9.17) is 18.9 Å². The van der Waals surface area contributed by atoms with E-state index in [0.29, 0.717) is 96.5 Å². The average molecular weight is 1170 g/mol. The van der Waals surface area contributed by atoms with Gasteiger partial charge in [-0.05, 0) is 122 Å². The van der Waals surface area contributed by atoms with Crippen LogP contribution in [-0.4, -0.2) is 98.0 Å². The van der Waals surface area contributed by atoms with Gasteiger partial charge in [0.1, 0.15) is 24.4 Å². The fourth-order valence-electron chi connectivity index (χ4n) is 15.3. The number of hydrogen-bond acceptors (Lipinski definition) is 16. The minimum atomic E-state index is -0.320. The Balaban J connectivity index is 0.744. The van der Waals surface area contributed by atoms with E-state index in [0.717, 1.165) is 51.4 Å². The second-order valence-corrected chi connectivity index (χ2v) is 34.8. The minimum Gasteiger partial charge on any atom is -0.446 e. The van der Waals surface area contributed by atoms with Gasteiger partial charge in [-0.3, -0.25) is 0 Å². The van der Waals surface area contributed by atoms with Crippen LogP contribution >= 0.6 is 94.1 Å². The summed E-state index contributed by atoms with van der Waals surface area (Å²) in [7, 11) is 0. The first-order valence-corrected chi connectivity index (χ1v) is 34.7. The van der Waals surface area contributed by atoms with Crippen molar-refractivity contribution in [3.63, 3.8) is 0 Å². The largest absolute Gasteiger partial charge is 0.446 e. The molecule has 0 aromatic carbocycles. The van der Waals surface area contributed by atoms with E-state index in [9.17, 15) is 19.2 Å². The summed E-state index contributed by atoms with van der Waals surface area (Å²) in [5.41, 5.74) is 0.929. The van der Waals surface area contributed by atoms with Crippen LogP contribution in [0.4, 0.5) is 19.2 Å². The summed E-state index contributed by atoms with van der Waals surface area (Å²) in [6.45, 7) is 20.6. The predicted molar refractivity (Wildman–Crippen MR) is 313 cm³/mol. The maximum absolute atomic E-state index is 13.0. The van der Waals surface area contributed by atoms with E-state index < -0.39 is 0 Å². The molecule has 20 heteroatoms. The number of fused-ring (bicyclic) bond motifs is 8. The second kappa shape index (κ2) is 23.3. The van der Waals surface area contributed by atoms with Crippen molar-refractivity contribution in [2.24, 2.45) is 69.0 Å². The highest BCUT2D eigenvalue weighted by Gasteiger charge is 2.58. The molecule has 0 radical (unpaired) electrons. The fraction of sp³-hybridized carbons (Fsp3) is 0.815. The molecule has 0 saturated heterocycles. The molecule has 4 N–H and O–H groups in total. The number of carbonyl (C=O) groups excluding carboxylic acids is 4. The highest BCUT2D eigenvalue weighted by molar-refractivity contribution is 8.45. The smallest absolute Gasteiger partial charge is 0.407 e. The molecule has 0 spiro atoms. The van der Waals surface area contributed by atoms with Crippen LogP contribution in [0.5, 0.6) is 0 Å². The van der Waals surface area contributed by atoms with Gasteiger partial charge >= 0.3 is 24.4 Å². The zero-order valence-electron chi connectivity index (χ0n) is 44.6. The SMILES string of the molecule is CC1(C)C2CCC1C(OC(=O)NCCSC1=C(SCCNC(=O)OC3CC4CCC3C4(C)C)SC(=C3SC(SCCNC(=O)OC4CC5CCC4C5(C)C)=C(SCCNC(=O)OC4CC5CCC4C5(C)C)S3)S1)C2. The topological polar surface area (TPSA) is 153 Å². The van der Waals surface area contributed by atoms with Gasteiger partial charge in [0.15, 0.2) is 0 Å². The quantitative estimate of drug-likeness (QED) is 0.0675. The third-order valence-electron chi connectivity index (χ3n) is 19.9. The van der Waals surface area contributed by atoms with Gasteiger partial charge < -0.3 is 40.2 Å². The van der Waals surface area contributed by atoms with Crippen molar-refractivity contribution in [2.45, 2.75) is 157 Å². The van der Waals surface area contributed by atoms with Crippen molar-refractivity contribution >= 4 is 118 Å². The molecule has 74 heavy (non-hydrogen) atoms. The molecule has 8 aliphatic carbocycles. The zero-order chi connectivity index (χ0) is 52.2. The Kier molecular flexibility index (Phi) is 17.7. The summed E-state index contributed by atoms with van der Waals surface area (Å²) in [6.07, 6.45) is 12.1. The van der Waals surface area contributed by atoms with E-state index in [-0.39, 0.29) is 70.4 Å². The molecule has 12 unspecified atom stereocenters. The molecule has 8 saturated carbocycles. The van der Waals surface area contributed by atoms with Crippen molar-refractivity contribution in [2.75, 3.05) is 49.2 Å². The first kappa shape index (κ1) is 56.4. The van der Waals surface area contributed by atoms with Crippen molar-refractivity contribution in [1.29, 1.82) is 0 Å². The molecule has 8 bridgehead atoms. The number of thioether (sulfide) groups is 8. The van der Waals surface area contributed by atoms with Gasteiger partial charge in [-0.1, -0.05) is 102 Å². The molecular weight excluding hydrogens is 1090 g/mol. The molecule has 10 aliphatic rings. The van der Waals surface area contributed by atoms with Crippen molar-refractivity contribution in [3.8, 4) is 0 Å². The summed E-state index contributed by atoms with van der Waals surface area (Å²) in [4.78, 5) is 52.2. The summed E-state index contributed by atoms with van der Waals surface area (Å²) < 4.78 is 31.2. The summed E-state index contributed by atoms with van der Waals surface area (Å²) >= 11 is 14.1. The zero-order valence-corrected chi connectivity index (χ0v) is 51.1. The fourth-order valence-corrected chi connectivity index (χ4v) is 27.0. The lowest BCUT2D eigenvalue weighted by atomic mass is 9.82. The van der Waals surface area contributed by atoms with Crippen LogP contribution in [0.25, 0.3) is 0 Å². The molecule has 8 fully saturated rings. The number of nitrogens with one attached hydrogen (secondary N) is 4. The number of hydrogen-bond donors (Lipinski definition) is 4. The number of carbonyl (C=O) groups is 4. The predicted octanol–water partition coefficient (Wildman–Crippen LogP) is 14.5. The van der Waals surface area contributed by atoms with E-state index in [1.807, 2.05) is 0 Å². The third kappa shape index (κ3) is 11.9. The number of alkyl carbamates (subject to hydrolysis) is 4. The Labute approximate surface area is 474 Å². The monoisotopic (exact) mass is 1170 g/mol. The molecule has 412 valence electrons. The first-order valence-electron chi connectivity index (χ1n) is 27.5. The lowest BCUT2D eigenvalue weighted by molar-refractivity contribution is 0.0543. The molecule has 0 aromatic heterocycles. The maximum atomic E-state index is 13.0. The first-order chi connectivity index (χ1) is 35.3. The van der Waals surface area contributed by atoms with Gasteiger partial charge in [0.25, 0.3) is 0 Å². The highest BCUT2D eigenvalue weighted by Crippen LogP contribution is 2.67. The molecular formula is C54H80N4O8S8. The van der Waals surface area contributed by atoms with Crippen LogP contribution in [0.2, 0.25) is 0 Å². The lowest BCUT2D eigenvalue weighted by Gasteiger charge is -2.26. The van der Waals surface area contributed by atoms with Crippen LogP contribution in [-0.2, 0) is 18.9 Å². The molecule has 12 nitrogen and oxygen atoms in total. The van der Waals surface area contributed by atoms with Crippen molar-refractivity contribution < 1.29 is 38.1 Å². The van der Waals surface area contributed by atoms with Crippen LogP contribution in [0.3, 0.4) is 0 Å². The molecule has 0 aromatic rings. The van der Waals surface area contributed by atoms with E-state index >= 15 is 0 Å². The van der Waals surface area contributed by atoms with E-state index in [1.54, 1.807) is 94.1 Å². The van der Waals surface area contributed by atoms with Crippen LogP contribution in [0.1, 0.15) is 132 Å². The van der Waals surface area contributed by atoms with Crippen molar-refractivity contribution in [3.05, 3.63) is 25.4 Å².